The van der Waals surface area contributed by atoms with Crippen molar-refractivity contribution in [1.29, 1.82) is 0 Å². The Hall–Kier alpha value is -0.0800. The molecule has 0 amide bonds. The number of methoxy groups -OCH3 is 2. The van der Waals surface area contributed by atoms with Gasteiger partial charge in [-0.25, -0.2) is 0 Å². The van der Waals surface area contributed by atoms with Crippen LogP contribution in [0.3, 0.4) is 0 Å². The van der Waals surface area contributed by atoms with Gasteiger partial charge >= 0.3 is 0 Å². The lowest BCUT2D eigenvalue weighted by atomic mass is 9.45. The van der Waals surface area contributed by atoms with Crippen molar-refractivity contribution >= 4 is 0 Å². The molecule has 0 bridgehead atoms. The molecule has 4 rings (SSSR count). The van der Waals surface area contributed by atoms with Crippen molar-refractivity contribution in [3.63, 3.8) is 0 Å². The van der Waals surface area contributed by atoms with E-state index < -0.39 is 0 Å². The van der Waals surface area contributed by atoms with Crippen molar-refractivity contribution in [1.82, 2.24) is 0 Å². The van der Waals surface area contributed by atoms with Crippen molar-refractivity contribution in [3.8, 4) is 0 Å². The Morgan fingerprint density at radius 1 is 0.739 bits per heavy atom. The highest BCUT2D eigenvalue weighted by atomic mass is 16.5. The fraction of sp³-hybridized carbons (Fsp3) is 1.00. The third-order valence-corrected chi connectivity index (χ3v) is 9.15. The molecule has 0 aliphatic heterocycles. The molecular weight excluding hydrogens is 284 g/mol. The van der Waals surface area contributed by atoms with E-state index in [1.54, 1.807) is 0 Å². The maximum Gasteiger partial charge on any atom is 0.0627 e. The summed E-state index contributed by atoms with van der Waals surface area (Å²) in [7, 11) is 3.85. The zero-order valence-electron chi connectivity index (χ0n) is 15.6. The van der Waals surface area contributed by atoms with E-state index in [2.05, 4.69) is 13.8 Å². The van der Waals surface area contributed by atoms with Crippen LogP contribution in [0.25, 0.3) is 0 Å². The highest BCUT2D eigenvalue weighted by Crippen LogP contribution is 2.66. The molecule has 132 valence electrons. The first-order valence-corrected chi connectivity index (χ1v) is 10.1. The standard InChI is InChI=1S/C21H36O2/c1-20-11-9-15(22-3)13-14(20)5-6-16-17-7-8-19(23-4)21(17,2)12-10-18(16)20/h14-19H,5-13H2,1-4H3. The van der Waals surface area contributed by atoms with Crippen molar-refractivity contribution in [2.45, 2.75) is 83.8 Å². The molecule has 4 aliphatic rings. The Morgan fingerprint density at radius 2 is 1.48 bits per heavy atom. The number of rotatable bonds is 2. The van der Waals surface area contributed by atoms with E-state index >= 15 is 0 Å². The summed E-state index contributed by atoms with van der Waals surface area (Å²) in [6, 6.07) is 0. The average molecular weight is 321 g/mol. The van der Waals surface area contributed by atoms with Crippen LogP contribution < -0.4 is 0 Å². The highest BCUT2D eigenvalue weighted by Gasteiger charge is 2.60. The van der Waals surface area contributed by atoms with E-state index in [9.17, 15) is 0 Å². The molecule has 4 saturated carbocycles. The van der Waals surface area contributed by atoms with Gasteiger partial charge in [-0.2, -0.15) is 0 Å². The van der Waals surface area contributed by atoms with Crippen LogP contribution >= 0.6 is 0 Å². The smallest absolute Gasteiger partial charge is 0.0627 e. The quantitative estimate of drug-likeness (QED) is 0.708. The molecule has 2 nitrogen and oxygen atoms in total. The second-order valence-electron chi connectivity index (χ2n) is 9.64. The zero-order chi connectivity index (χ0) is 16.2. The number of hydrogen-bond donors (Lipinski definition) is 0. The second kappa shape index (κ2) is 5.73. The third-order valence-electron chi connectivity index (χ3n) is 9.15. The predicted octanol–water partition coefficient (Wildman–Crippen LogP) is 5.06. The molecule has 0 saturated heterocycles. The minimum atomic E-state index is 0.461. The minimum absolute atomic E-state index is 0.461. The molecular formula is C21H36O2. The van der Waals surface area contributed by atoms with Crippen LogP contribution in [0.4, 0.5) is 0 Å². The summed E-state index contributed by atoms with van der Waals surface area (Å²) >= 11 is 0. The van der Waals surface area contributed by atoms with Gasteiger partial charge in [-0.15, -0.1) is 0 Å². The molecule has 0 N–H and O–H groups in total. The van der Waals surface area contributed by atoms with Crippen LogP contribution in [0.15, 0.2) is 0 Å². The van der Waals surface area contributed by atoms with Gasteiger partial charge in [0, 0.05) is 14.2 Å². The Labute approximate surface area is 142 Å². The molecule has 0 radical (unpaired) electrons. The van der Waals surface area contributed by atoms with Gasteiger partial charge < -0.3 is 9.47 Å². The maximum absolute atomic E-state index is 5.91. The van der Waals surface area contributed by atoms with Gasteiger partial charge in [0.05, 0.1) is 12.2 Å². The minimum Gasteiger partial charge on any atom is -0.381 e. The molecule has 0 aromatic carbocycles. The molecule has 0 aromatic heterocycles. The number of ether oxygens (including phenoxy) is 2. The van der Waals surface area contributed by atoms with Crippen LogP contribution in [0.1, 0.15) is 71.6 Å². The Morgan fingerprint density at radius 3 is 2.22 bits per heavy atom. The molecule has 4 fully saturated rings. The van der Waals surface area contributed by atoms with Crippen LogP contribution in [-0.4, -0.2) is 26.4 Å². The molecule has 8 atom stereocenters. The van der Waals surface area contributed by atoms with Crippen LogP contribution in [0.2, 0.25) is 0 Å². The van der Waals surface area contributed by atoms with E-state index in [0.29, 0.717) is 23.0 Å². The molecule has 4 aliphatic carbocycles. The molecule has 2 heteroatoms. The summed E-state index contributed by atoms with van der Waals surface area (Å²) in [4.78, 5) is 0. The molecule has 0 heterocycles. The number of hydrogen-bond acceptors (Lipinski definition) is 2. The SMILES string of the molecule is COC1CCC2(C)C(CCC3C2CCC2(C)C(OC)CCC32)C1. The summed E-state index contributed by atoms with van der Waals surface area (Å²) < 4.78 is 11.6. The summed E-state index contributed by atoms with van der Waals surface area (Å²) in [5, 5.41) is 0. The maximum atomic E-state index is 5.91. The molecule has 23 heavy (non-hydrogen) atoms. The highest BCUT2D eigenvalue weighted by molar-refractivity contribution is 5.09. The van der Waals surface area contributed by atoms with Crippen LogP contribution in [0.5, 0.6) is 0 Å². The normalized spacial score (nSPS) is 55.8. The monoisotopic (exact) mass is 320 g/mol. The van der Waals surface area contributed by atoms with Crippen molar-refractivity contribution in [2.24, 2.45) is 34.5 Å². The largest absolute Gasteiger partial charge is 0.381 e. The van der Waals surface area contributed by atoms with Gasteiger partial charge in [-0.05, 0) is 92.3 Å². The zero-order valence-corrected chi connectivity index (χ0v) is 15.6. The van der Waals surface area contributed by atoms with E-state index in [4.69, 9.17) is 9.47 Å². The summed E-state index contributed by atoms with van der Waals surface area (Å²) in [6.45, 7) is 5.19. The number of fused-ring (bicyclic) bond motifs is 5. The topological polar surface area (TPSA) is 18.5 Å². The molecule has 8 unspecified atom stereocenters. The molecule has 0 aromatic rings. The Bertz CT molecular complexity index is 449. The van der Waals surface area contributed by atoms with E-state index in [-0.39, 0.29) is 0 Å². The summed E-state index contributed by atoms with van der Waals surface area (Å²) in [5.41, 5.74) is 1.05. The van der Waals surface area contributed by atoms with Gasteiger partial charge in [-0.3, -0.25) is 0 Å². The van der Waals surface area contributed by atoms with Crippen LogP contribution in [-0.2, 0) is 9.47 Å². The van der Waals surface area contributed by atoms with Gasteiger partial charge in [0.1, 0.15) is 0 Å². The predicted molar refractivity (Wildman–Crippen MR) is 93.3 cm³/mol. The second-order valence-corrected chi connectivity index (χ2v) is 9.64. The Kier molecular flexibility index (Phi) is 4.08. The third kappa shape index (κ3) is 2.27. The van der Waals surface area contributed by atoms with Gasteiger partial charge in [0.15, 0.2) is 0 Å². The van der Waals surface area contributed by atoms with Gasteiger partial charge in [0.25, 0.3) is 0 Å². The van der Waals surface area contributed by atoms with Crippen molar-refractivity contribution < 1.29 is 9.47 Å². The van der Waals surface area contributed by atoms with E-state index in [0.717, 1.165) is 23.7 Å². The Balaban J connectivity index is 1.58. The van der Waals surface area contributed by atoms with Crippen molar-refractivity contribution in [2.75, 3.05) is 14.2 Å². The lowest BCUT2D eigenvalue weighted by molar-refractivity contribution is -0.140. The van der Waals surface area contributed by atoms with Gasteiger partial charge in [-0.1, -0.05) is 13.8 Å². The van der Waals surface area contributed by atoms with E-state index in [1.165, 1.54) is 57.8 Å². The average Bonchev–Trinajstić information content (AvgIpc) is 2.90. The fourth-order valence-corrected chi connectivity index (χ4v) is 7.77. The first-order chi connectivity index (χ1) is 11.0. The lowest BCUT2D eigenvalue weighted by Gasteiger charge is -2.61. The van der Waals surface area contributed by atoms with E-state index in [1.807, 2.05) is 14.2 Å². The fourth-order valence-electron chi connectivity index (χ4n) is 7.77. The summed E-state index contributed by atoms with van der Waals surface area (Å²) in [5.74, 6) is 3.76. The van der Waals surface area contributed by atoms with Gasteiger partial charge in [0.2, 0.25) is 0 Å². The first-order valence-electron chi connectivity index (χ1n) is 10.1. The van der Waals surface area contributed by atoms with Crippen LogP contribution in [0, 0.1) is 34.5 Å². The lowest BCUT2D eigenvalue weighted by Crippen LogP contribution is -2.54. The molecule has 0 spiro atoms. The first kappa shape index (κ1) is 16.4. The van der Waals surface area contributed by atoms with Crippen molar-refractivity contribution in [3.05, 3.63) is 0 Å². The summed E-state index contributed by atoms with van der Waals surface area (Å²) in [6.07, 6.45) is 13.5.